The summed E-state index contributed by atoms with van der Waals surface area (Å²) in [7, 11) is 0. The van der Waals surface area contributed by atoms with Crippen molar-refractivity contribution in [1.82, 2.24) is 58.6 Å². The molecule has 18 nitrogen and oxygen atoms in total. The summed E-state index contributed by atoms with van der Waals surface area (Å²) >= 11 is 3.55. The van der Waals surface area contributed by atoms with E-state index in [-0.39, 0.29) is 0 Å². The minimum Gasteiger partial charge on any atom is -0.473 e. The van der Waals surface area contributed by atoms with Crippen molar-refractivity contribution in [2.24, 2.45) is 0 Å². The molecule has 0 atom stereocenters. The highest BCUT2D eigenvalue weighted by Crippen LogP contribution is 2.20. The van der Waals surface area contributed by atoms with Crippen molar-refractivity contribution in [1.29, 1.82) is 0 Å². The molecule has 0 aliphatic carbocycles. The topological polar surface area (TPSA) is 193 Å². The van der Waals surface area contributed by atoms with Crippen molar-refractivity contribution in [3.63, 3.8) is 0 Å². The van der Waals surface area contributed by atoms with Crippen molar-refractivity contribution in [2.45, 2.75) is 66.7 Å². The molecule has 8 heterocycles. The summed E-state index contributed by atoms with van der Waals surface area (Å²) in [5.74, 6) is -1.47. The molecule has 2 N–H and O–H groups in total. The zero-order valence-corrected chi connectivity index (χ0v) is 39.1. The SMILES string of the molecule is CCOCCn1c(CN2CCN(CCc3scnc3C)CC2)nc2cccnc21.CCOCCn1c(CN2CCN(CCc3scnc3C)CC2)nc2cccnc21.O=C(O)C(=O)O. The summed E-state index contributed by atoms with van der Waals surface area (Å²) in [6.07, 6.45) is 5.90. The van der Waals surface area contributed by atoms with Crippen LogP contribution in [0.15, 0.2) is 47.7 Å². The number of carboxylic acids is 2. The lowest BCUT2D eigenvalue weighted by Crippen LogP contribution is -2.46. The molecule has 0 aromatic carbocycles. The van der Waals surface area contributed by atoms with Crippen molar-refractivity contribution in [3.05, 3.63) is 80.5 Å². The molecule has 2 aliphatic rings. The van der Waals surface area contributed by atoms with E-state index in [1.807, 2.05) is 61.5 Å². The third kappa shape index (κ3) is 14.1. The second-order valence-electron chi connectivity index (χ2n) is 15.5. The van der Waals surface area contributed by atoms with Gasteiger partial charge in [-0.3, -0.25) is 9.80 Å². The Balaban J connectivity index is 0.000000189. The van der Waals surface area contributed by atoms with E-state index in [4.69, 9.17) is 39.2 Å². The van der Waals surface area contributed by atoms with Gasteiger partial charge >= 0.3 is 11.9 Å². The maximum Gasteiger partial charge on any atom is 0.414 e. The lowest BCUT2D eigenvalue weighted by atomic mass is 10.2. The fourth-order valence-corrected chi connectivity index (χ4v) is 9.26. The van der Waals surface area contributed by atoms with Gasteiger partial charge in [0.05, 0.1) is 48.7 Å². The molecule has 6 aromatic rings. The lowest BCUT2D eigenvalue weighted by Gasteiger charge is -2.34. The van der Waals surface area contributed by atoms with E-state index in [1.54, 1.807) is 22.7 Å². The zero-order chi connectivity index (χ0) is 45.3. The van der Waals surface area contributed by atoms with E-state index in [1.165, 1.54) is 21.1 Å². The Hall–Kier alpha value is -4.80. The fourth-order valence-electron chi connectivity index (χ4n) is 7.72. The van der Waals surface area contributed by atoms with Gasteiger partial charge in [-0.05, 0) is 64.8 Å². The molecule has 2 fully saturated rings. The first kappa shape index (κ1) is 48.7. The van der Waals surface area contributed by atoms with Gasteiger partial charge in [0.25, 0.3) is 0 Å². The summed E-state index contributed by atoms with van der Waals surface area (Å²) in [5.41, 5.74) is 10.1. The number of aryl methyl sites for hydroxylation is 2. The quantitative estimate of drug-likeness (QED) is 0.0913. The molecule has 8 rings (SSSR count). The number of aromatic nitrogens is 8. The second kappa shape index (κ2) is 25.0. The first-order valence-electron chi connectivity index (χ1n) is 22.0. The van der Waals surface area contributed by atoms with Crippen molar-refractivity contribution in [3.8, 4) is 0 Å². The number of piperazine rings is 2. The Bertz CT molecular complexity index is 2190. The molecular formula is C44H62N12O6S2. The van der Waals surface area contributed by atoms with Crippen LogP contribution >= 0.6 is 22.7 Å². The van der Waals surface area contributed by atoms with Gasteiger partial charge in [-0.2, -0.15) is 0 Å². The Labute approximate surface area is 382 Å². The van der Waals surface area contributed by atoms with Gasteiger partial charge in [0.2, 0.25) is 0 Å². The first-order valence-corrected chi connectivity index (χ1v) is 23.8. The highest BCUT2D eigenvalue weighted by molar-refractivity contribution is 7.10. The fraction of sp³-hybridized carbons (Fsp3) is 0.545. The molecule has 0 amide bonds. The molecule has 2 aliphatic heterocycles. The molecule has 0 saturated carbocycles. The van der Waals surface area contributed by atoms with Gasteiger partial charge in [0.1, 0.15) is 22.7 Å². The number of thiazole rings is 2. The Kier molecular flexibility index (Phi) is 19.0. The van der Waals surface area contributed by atoms with Gasteiger partial charge < -0.3 is 38.6 Å². The van der Waals surface area contributed by atoms with E-state index in [0.717, 1.165) is 152 Å². The molecule has 346 valence electrons. The zero-order valence-electron chi connectivity index (χ0n) is 37.5. The van der Waals surface area contributed by atoms with Gasteiger partial charge in [-0.1, -0.05) is 0 Å². The molecule has 2 saturated heterocycles. The minimum absolute atomic E-state index is 0.691. The van der Waals surface area contributed by atoms with E-state index in [2.05, 4.69) is 62.5 Å². The number of nitrogens with zero attached hydrogens (tertiary/aromatic N) is 12. The van der Waals surface area contributed by atoms with Crippen LogP contribution in [0.3, 0.4) is 0 Å². The standard InChI is InChI=1S/2C21H30N6OS.C2H2O4/c2*1-3-28-14-13-27-20(24-18-5-4-7-22-21(18)27)15-26-11-9-25(10-12-26)8-6-19-17(2)23-16-29-19;3-1(4)2(5)6/h2*4-5,7,16H,3,6,8-15H2,1-2H3;(H,3,4)(H,5,6). The van der Waals surface area contributed by atoms with Crippen molar-refractivity contribution >= 4 is 56.9 Å². The van der Waals surface area contributed by atoms with Gasteiger partial charge in [-0.15, -0.1) is 22.7 Å². The normalized spacial score (nSPS) is 15.2. The summed E-state index contributed by atoms with van der Waals surface area (Å²) in [5, 5.41) is 14.8. The monoisotopic (exact) mass is 918 g/mol. The number of carbonyl (C=O) groups is 2. The number of hydrogen-bond acceptors (Lipinski definition) is 16. The van der Waals surface area contributed by atoms with Crippen LogP contribution in [0.2, 0.25) is 0 Å². The number of imidazole rings is 2. The van der Waals surface area contributed by atoms with Crippen LogP contribution in [0.4, 0.5) is 0 Å². The number of pyridine rings is 2. The summed E-state index contributed by atoms with van der Waals surface area (Å²) in [4.78, 5) is 58.7. The lowest BCUT2D eigenvalue weighted by molar-refractivity contribution is -0.159. The average molecular weight is 919 g/mol. The van der Waals surface area contributed by atoms with Gasteiger partial charge in [-0.25, -0.2) is 39.5 Å². The number of ether oxygens (including phenoxy) is 2. The van der Waals surface area contributed by atoms with Crippen LogP contribution in [0, 0.1) is 13.8 Å². The number of carboxylic acid groups (broad SMARTS) is 2. The number of hydrogen-bond donors (Lipinski definition) is 2. The van der Waals surface area contributed by atoms with Gasteiger partial charge in [0, 0.05) is 114 Å². The van der Waals surface area contributed by atoms with Crippen LogP contribution in [0.1, 0.15) is 46.6 Å². The Morgan fingerprint density at radius 2 is 0.984 bits per heavy atom. The first-order chi connectivity index (χ1) is 31.1. The smallest absolute Gasteiger partial charge is 0.414 e. The van der Waals surface area contributed by atoms with E-state index >= 15 is 0 Å². The summed E-state index contributed by atoms with van der Waals surface area (Å²) < 4.78 is 15.6. The molecule has 0 unspecified atom stereocenters. The van der Waals surface area contributed by atoms with Crippen molar-refractivity contribution < 1.29 is 29.3 Å². The highest BCUT2D eigenvalue weighted by Gasteiger charge is 2.22. The molecular weight excluding hydrogens is 857 g/mol. The minimum atomic E-state index is -1.82. The molecule has 0 spiro atoms. The van der Waals surface area contributed by atoms with Gasteiger partial charge in [0.15, 0.2) is 11.3 Å². The van der Waals surface area contributed by atoms with E-state index in [0.29, 0.717) is 13.2 Å². The maximum atomic E-state index is 9.10. The number of fused-ring (bicyclic) bond motifs is 2. The maximum absolute atomic E-state index is 9.10. The summed E-state index contributed by atoms with van der Waals surface area (Å²) in [6.45, 7) is 25.4. The predicted molar refractivity (Wildman–Crippen MR) is 248 cm³/mol. The molecule has 6 aromatic heterocycles. The predicted octanol–water partition coefficient (Wildman–Crippen LogP) is 4.34. The summed E-state index contributed by atoms with van der Waals surface area (Å²) in [6, 6.07) is 8.00. The van der Waals surface area contributed by atoms with Crippen LogP contribution in [-0.2, 0) is 58.1 Å². The third-order valence-corrected chi connectivity index (χ3v) is 13.3. The van der Waals surface area contributed by atoms with Crippen LogP contribution in [-0.4, -0.2) is 173 Å². The van der Waals surface area contributed by atoms with Crippen LogP contribution < -0.4 is 0 Å². The Morgan fingerprint density at radius 1 is 0.594 bits per heavy atom. The largest absolute Gasteiger partial charge is 0.473 e. The molecule has 20 heteroatoms. The second-order valence-corrected chi connectivity index (χ2v) is 17.4. The Morgan fingerprint density at radius 3 is 1.33 bits per heavy atom. The average Bonchev–Trinajstić information content (AvgIpc) is 4.09. The van der Waals surface area contributed by atoms with E-state index < -0.39 is 11.9 Å². The molecule has 0 bridgehead atoms. The molecule has 64 heavy (non-hydrogen) atoms. The van der Waals surface area contributed by atoms with E-state index in [9.17, 15) is 0 Å². The highest BCUT2D eigenvalue weighted by atomic mass is 32.1. The molecule has 0 radical (unpaired) electrons. The van der Waals surface area contributed by atoms with Crippen LogP contribution in [0.25, 0.3) is 22.3 Å². The number of rotatable bonds is 18. The van der Waals surface area contributed by atoms with Crippen molar-refractivity contribution in [2.75, 3.05) is 91.9 Å². The third-order valence-electron chi connectivity index (χ3n) is 11.3. The number of aliphatic carboxylic acids is 2. The van der Waals surface area contributed by atoms with Crippen LogP contribution in [0.5, 0.6) is 0 Å².